The van der Waals surface area contributed by atoms with Crippen LogP contribution in [0.1, 0.15) is 28.8 Å². The van der Waals surface area contributed by atoms with Crippen molar-refractivity contribution in [2.45, 2.75) is 26.8 Å². The summed E-state index contributed by atoms with van der Waals surface area (Å²) in [6.45, 7) is 5.85. The summed E-state index contributed by atoms with van der Waals surface area (Å²) >= 11 is 0. The van der Waals surface area contributed by atoms with Gasteiger partial charge in [-0.3, -0.25) is 14.3 Å². The number of aryl methyl sites for hydroxylation is 3. The highest BCUT2D eigenvalue weighted by Crippen LogP contribution is 2.25. The van der Waals surface area contributed by atoms with Crippen molar-refractivity contribution in [3.63, 3.8) is 0 Å². The molecule has 3 aromatic rings. The molecule has 1 atom stereocenters. The van der Waals surface area contributed by atoms with E-state index in [0.29, 0.717) is 17.2 Å². The maximum Gasteiger partial charge on any atom is 0.313 e. The van der Waals surface area contributed by atoms with Crippen LogP contribution in [-0.2, 0) is 9.59 Å². The molecule has 0 spiro atoms. The predicted molar refractivity (Wildman–Crippen MR) is 108 cm³/mol. The summed E-state index contributed by atoms with van der Waals surface area (Å²) in [5.74, 6) is -0.419. The summed E-state index contributed by atoms with van der Waals surface area (Å²) in [7, 11) is 1.50. The third kappa shape index (κ3) is 4.66. The van der Waals surface area contributed by atoms with E-state index in [4.69, 9.17) is 9.15 Å². The predicted octanol–water partition coefficient (Wildman–Crippen LogP) is 2.75. The van der Waals surface area contributed by atoms with Gasteiger partial charge in [-0.2, -0.15) is 5.10 Å². The number of benzene rings is 1. The molecule has 2 amide bonds. The van der Waals surface area contributed by atoms with Crippen LogP contribution in [0.5, 0.6) is 5.75 Å². The van der Waals surface area contributed by atoms with Gasteiger partial charge in [-0.25, -0.2) is 0 Å². The lowest BCUT2D eigenvalue weighted by Crippen LogP contribution is -2.39. The van der Waals surface area contributed by atoms with Crippen LogP contribution in [0.2, 0.25) is 0 Å². The van der Waals surface area contributed by atoms with Crippen LogP contribution in [0.25, 0.3) is 0 Å². The summed E-state index contributed by atoms with van der Waals surface area (Å²) < 4.78 is 12.5. The number of carbonyl (C=O) groups is 2. The maximum absolute atomic E-state index is 12.4. The molecule has 1 aromatic carbocycles. The van der Waals surface area contributed by atoms with Gasteiger partial charge in [-0.1, -0.05) is 6.07 Å². The number of methoxy groups -OCH3 is 1. The van der Waals surface area contributed by atoms with Crippen LogP contribution in [-0.4, -0.2) is 35.2 Å². The first-order chi connectivity index (χ1) is 13.9. The van der Waals surface area contributed by atoms with Crippen LogP contribution in [0.3, 0.4) is 0 Å². The van der Waals surface area contributed by atoms with Crippen molar-refractivity contribution in [3.8, 4) is 5.75 Å². The Kier molecular flexibility index (Phi) is 6.01. The molecule has 3 rings (SSSR count). The molecule has 0 fully saturated rings. The van der Waals surface area contributed by atoms with Gasteiger partial charge in [0.1, 0.15) is 17.6 Å². The van der Waals surface area contributed by atoms with Crippen molar-refractivity contribution in [1.82, 2.24) is 15.1 Å². The first kappa shape index (κ1) is 20.2. The number of furan rings is 1. The van der Waals surface area contributed by atoms with Crippen LogP contribution in [0.15, 0.2) is 47.1 Å². The molecule has 8 nitrogen and oxygen atoms in total. The number of nitrogens with zero attached hydrogens (tertiary/aromatic N) is 2. The molecule has 152 valence electrons. The summed E-state index contributed by atoms with van der Waals surface area (Å²) in [5, 5.41) is 9.74. The molecule has 8 heteroatoms. The molecule has 2 aromatic heterocycles. The maximum atomic E-state index is 12.4. The van der Waals surface area contributed by atoms with E-state index < -0.39 is 11.8 Å². The minimum atomic E-state index is -0.777. The largest absolute Gasteiger partial charge is 0.495 e. The van der Waals surface area contributed by atoms with Gasteiger partial charge in [-0.15, -0.1) is 0 Å². The first-order valence-corrected chi connectivity index (χ1v) is 9.19. The van der Waals surface area contributed by atoms with E-state index in [1.54, 1.807) is 29.1 Å². The van der Waals surface area contributed by atoms with E-state index in [2.05, 4.69) is 15.7 Å². The lowest BCUT2D eigenvalue weighted by atomic mass is 10.2. The molecule has 0 saturated heterocycles. The van der Waals surface area contributed by atoms with Crippen LogP contribution < -0.4 is 15.4 Å². The van der Waals surface area contributed by atoms with Crippen LogP contribution in [0.4, 0.5) is 5.69 Å². The lowest BCUT2D eigenvalue weighted by Gasteiger charge is -2.18. The van der Waals surface area contributed by atoms with Crippen molar-refractivity contribution < 1.29 is 18.7 Å². The second-order valence-electron chi connectivity index (χ2n) is 6.77. The zero-order valence-electron chi connectivity index (χ0n) is 16.9. The number of aromatic nitrogens is 2. The molecule has 0 aliphatic carbocycles. The quantitative estimate of drug-likeness (QED) is 0.625. The third-order valence-electron chi connectivity index (χ3n) is 4.48. The van der Waals surface area contributed by atoms with Crippen molar-refractivity contribution in [1.29, 1.82) is 0 Å². The Morgan fingerprint density at radius 1 is 1.17 bits per heavy atom. The number of rotatable bonds is 6. The number of ether oxygens (including phenoxy) is 1. The fraction of sp³-hybridized carbons (Fsp3) is 0.286. The topological polar surface area (TPSA) is 98.4 Å². The molecule has 0 bridgehead atoms. The molecule has 0 unspecified atom stereocenters. The van der Waals surface area contributed by atoms with E-state index in [9.17, 15) is 9.59 Å². The number of amides is 2. The molecular weight excluding hydrogens is 372 g/mol. The fourth-order valence-corrected chi connectivity index (χ4v) is 3.12. The van der Waals surface area contributed by atoms with E-state index in [1.165, 1.54) is 7.11 Å². The average Bonchev–Trinajstić information content (AvgIpc) is 3.32. The third-order valence-corrected chi connectivity index (χ3v) is 4.48. The van der Waals surface area contributed by atoms with Gasteiger partial charge >= 0.3 is 11.8 Å². The Hall–Kier alpha value is -3.55. The van der Waals surface area contributed by atoms with Gasteiger partial charge in [-0.05, 0) is 56.7 Å². The number of nitrogens with one attached hydrogen (secondary N) is 2. The Morgan fingerprint density at radius 2 is 1.97 bits per heavy atom. The Bertz CT molecular complexity index is 1010. The van der Waals surface area contributed by atoms with E-state index >= 15 is 0 Å². The van der Waals surface area contributed by atoms with Gasteiger partial charge < -0.3 is 19.8 Å². The van der Waals surface area contributed by atoms with E-state index in [1.807, 2.05) is 39.0 Å². The van der Waals surface area contributed by atoms with Crippen LogP contribution in [0, 0.1) is 20.8 Å². The zero-order chi connectivity index (χ0) is 21.0. The SMILES string of the molecule is COc1ccc(C)cc1NC(=O)C(=O)NC[C@H](c1ccco1)n1nc(C)cc1C. The van der Waals surface area contributed by atoms with Crippen molar-refractivity contribution in [2.75, 3.05) is 19.0 Å². The molecule has 0 aliphatic heterocycles. The highest BCUT2D eigenvalue weighted by Gasteiger charge is 2.23. The molecule has 0 aliphatic rings. The Balaban J connectivity index is 1.71. The second kappa shape index (κ2) is 8.64. The van der Waals surface area contributed by atoms with Gasteiger partial charge in [0.15, 0.2) is 0 Å². The Labute approximate surface area is 168 Å². The number of hydrogen-bond donors (Lipinski definition) is 2. The van der Waals surface area contributed by atoms with Crippen molar-refractivity contribution in [3.05, 3.63) is 65.4 Å². The smallest absolute Gasteiger partial charge is 0.313 e. The average molecular weight is 396 g/mol. The normalized spacial score (nSPS) is 11.7. The highest BCUT2D eigenvalue weighted by atomic mass is 16.5. The van der Waals surface area contributed by atoms with Gasteiger partial charge in [0.25, 0.3) is 0 Å². The first-order valence-electron chi connectivity index (χ1n) is 9.19. The van der Waals surface area contributed by atoms with Gasteiger partial charge in [0, 0.05) is 12.2 Å². The second-order valence-corrected chi connectivity index (χ2v) is 6.77. The van der Waals surface area contributed by atoms with E-state index in [0.717, 1.165) is 17.0 Å². The lowest BCUT2D eigenvalue weighted by molar-refractivity contribution is -0.136. The minimum absolute atomic E-state index is 0.146. The Morgan fingerprint density at radius 3 is 2.59 bits per heavy atom. The van der Waals surface area contributed by atoms with Gasteiger partial charge in [0.2, 0.25) is 0 Å². The molecular formula is C21H24N4O4. The monoisotopic (exact) mass is 396 g/mol. The molecule has 0 radical (unpaired) electrons. The van der Waals surface area contributed by atoms with E-state index in [-0.39, 0.29) is 12.6 Å². The zero-order valence-corrected chi connectivity index (χ0v) is 16.9. The van der Waals surface area contributed by atoms with Gasteiger partial charge in [0.05, 0.1) is 24.8 Å². The minimum Gasteiger partial charge on any atom is -0.495 e. The van der Waals surface area contributed by atoms with Crippen molar-refractivity contribution >= 4 is 17.5 Å². The molecule has 29 heavy (non-hydrogen) atoms. The van der Waals surface area contributed by atoms with Crippen LogP contribution >= 0.6 is 0 Å². The molecule has 2 heterocycles. The standard InChI is InChI=1S/C21H24N4O4/c1-13-7-8-18(28-4)16(10-13)23-21(27)20(26)22-12-17(19-6-5-9-29-19)25-15(3)11-14(2)24-25/h5-11,17H,12H2,1-4H3,(H,22,26)(H,23,27)/t17-/m1/s1. The highest BCUT2D eigenvalue weighted by molar-refractivity contribution is 6.39. The number of carbonyl (C=O) groups excluding carboxylic acids is 2. The number of anilines is 1. The fourth-order valence-electron chi connectivity index (χ4n) is 3.12. The van der Waals surface area contributed by atoms with Crippen molar-refractivity contribution in [2.24, 2.45) is 0 Å². The molecule has 0 saturated carbocycles. The number of hydrogen-bond acceptors (Lipinski definition) is 5. The summed E-state index contributed by atoms with van der Waals surface area (Å²) in [6, 6.07) is 10.5. The summed E-state index contributed by atoms with van der Waals surface area (Å²) in [6.07, 6.45) is 1.56. The summed E-state index contributed by atoms with van der Waals surface area (Å²) in [5.41, 5.74) is 3.15. The molecule has 2 N–H and O–H groups in total. The summed E-state index contributed by atoms with van der Waals surface area (Å²) in [4.78, 5) is 24.8.